The highest BCUT2D eigenvalue weighted by molar-refractivity contribution is 7.91. The molecule has 9 heteroatoms. The molecule has 0 N–H and O–H groups in total. The van der Waals surface area contributed by atoms with Crippen LogP contribution in [-0.2, 0) is 25.8 Å². The van der Waals surface area contributed by atoms with Crippen LogP contribution >= 0.6 is 0 Å². The van der Waals surface area contributed by atoms with E-state index in [1.807, 2.05) is 0 Å². The molecule has 1 aliphatic heterocycles. The van der Waals surface area contributed by atoms with Crippen LogP contribution in [-0.4, -0.2) is 57.9 Å². The van der Waals surface area contributed by atoms with Crippen LogP contribution in [0.4, 0.5) is 0 Å². The van der Waals surface area contributed by atoms with Gasteiger partial charge in [-0.15, -0.1) is 0 Å². The summed E-state index contributed by atoms with van der Waals surface area (Å²) in [5.41, 5.74) is 0. The Morgan fingerprint density at radius 2 is 2.05 bits per heavy atom. The van der Waals surface area contributed by atoms with Crippen LogP contribution in [0.1, 0.15) is 12.2 Å². The van der Waals surface area contributed by atoms with Crippen molar-refractivity contribution in [3.05, 3.63) is 24.2 Å². The number of sulfone groups is 1. The van der Waals surface area contributed by atoms with Crippen molar-refractivity contribution in [2.45, 2.75) is 17.4 Å². The predicted octanol–water partition coefficient (Wildman–Crippen LogP) is 0.0751. The lowest BCUT2D eigenvalue weighted by Crippen LogP contribution is -2.39. The van der Waals surface area contributed by atoms with E-state index in [1.165, 1.54) is 24.7 Å². The van der Waals surface area contributed by atoms with Crippen molar-refractivity contribution in [2.24, 2.45) is 0 Å². The van der Waals surface area contributed by atoms with E-state index >= 15 is 0 Å². The molecule has 2 heterocycles. The van der Waals surface area contributed by atoms with Gasteiger partial charge in [0.1, 0.15) is 11.5 Å². The molecule has 0 aliphatic carbocycles. The fraction of sp³-hybridized carbons (Fsp3) is 0.636. The first-order chi connectivity index (χ1) is 9.23. The van der Waals surface area contributed by atoms with E-state index in [1.54, 1.807) is 12.1 Å². The predicted molar refractivity (Wildman–Crippen MR) is 73.9 cm³/mol. The van der Waals surface area contributed by atoms with Crippen LogP contribution in [0.3, 0.4) is 0 Å². The van der Waals surface area contributed by atoms with Crippen molar-refractivity contribution in [2.75, 3.05) is 27.2 Å². The Kier molecular flexibility index (Phi) is 4.24. The van der Waals surface area contributed by atoms with E-state index in [9.17, 15) is 16.8 Å². The SMILES string of the molecule is CN(C)S(=O)(=O)N1CC[C@H](S(=O)(=O)Cc2ccco2)C1. The van der Waals surface area contributed by atoms with E-state index in [0.29, 0.717) is 12.2 Å². The standard InChI is InChI=1S/C11H18N2O5S2/c1-12(2)20(16,17)13-6-5-11(8-13)19(14,15)9-10-4-3-7-18-10/h3-4,7,11H,5-6,8-9H2,1-2H3/t11-/m0/s1. The molecule has 0 amide bonds. The Morgan fingerprint density at radius 3 is 2.60 bits per heavy atom. The highest BCUT2D eigenvalue weighted by atomic mass is 32.2. The largest absolute Gasteiger partial charge is 0.468 e. The maximum absolute atomic E-state index is 12.2. The Morgan fingerprint density at radius 1 is 1.35 bits per heavy atom. The lowest BCUT2D eigenvalue weighted by Gasteiger charge is -2.20. The zero-order valence-corrected chi connectivity index (χ0v) is 13.0. The van der Waals surface area contributed by atoms with Gasteiger partial charge in [-0.05, 0) is 18.6 Å². The zero-order chi connectivity index (χ0) is 15.0. The van der Waals surface area contributed by atoms with E-state index < -0.39 is 25.3 Å². The molecule has 0 unspecified atom stereocenters. The van der Waals surface area contributed by atoms with Gasteiger partial charge >= 0.3 is 0 Å². The molecular weight excluding hydrogens is 304 g/mol. The van der Waals surface area contributed by atoms with E-state index in [0.717, 1.165) is 4.31 Å². The van der Waals surface area contributed by atoms with E-state index in [4.69, 9.17) is 4.42 Å². The zero-order valence-electron chi connectivity index (χ0n) is 11.4. The highest BCUT2D eigenvalue weighted by Gasteiger charge is 2.39. The normalized spacial score (nSPS) is 21.6. The molecule has 1 fully saturated rings. The average molecular weight is 322 g/mol. The van der Waals surface area contributed by atoms with Crippen molar-refractivity contribution in [1.29, 1.82) is 0 Å². The number of rotatable bonds is 5. The van der Waals surface area contributed by atoms with Gasteiger partial charge in [-0.25, -0.2) is 8.42 Å². The van der Waals surface area contributed by atoms with Crippen molar-refractivity contribution in [3.8, 4) is 0 Å². The molecule has 1 saturated heterocycles. The first-order valence-corrected chi connectivity index (χ1v) is 9.26. The molecule has 20 heavy (non-hydrogen) atoms. The van der Waals surface area contributed by atoms with Gasteiger partial charge in [0.05, 0.1) is 11.5 Å². The smallest absolute Gasteiger partial charge is 0.281 e. The van der Waals surface area contributed by atoms with Gasteiger partial charge in [-0.1, -0.05) is 0 Å². The van der Waals surface area contributed by atoms with Gasteiger partial charge in [-0.3, -0.25) is 0 Å². The van der Waals surface area contributed by atoms with Crippen LogP contribution in [0.15, 0.2) is 22.8 Å². The van der Waals surface area contributed by atoms with Gasteiger partial charge < -0.3 is 4.42 Å². The Balaban J connectivity index is 2.09. The molecule has 1 aromatic heterocycles. The highest BCUT2D eigenvalue weighted by Crippen LogP contribution is 2.23. The van der Waals surface area contributed by atoms with Crippen molar-refractivity contribution in [1.82, 2.24) is 8.61 Å². The van der Waals surface area contributed by atoms with Crippen LogP contribution in [0.2, 0.25) is 0 Å². The average Bonchev–Trinajstić information content (AvgIpc) is 2.97. The monoisotopic (exact) mass is 322 g/mol. The molecule has 7 nitrogen and oxygen atoms in total. The molecule has 2 rings (SSSR count). The minimum Gasteiger partial charge on any atom is -0.468 e. The second-order valence-electron chi connectivity index (χ2n) is 4.95. The Labute approximate surface area is 119 Å². The van der Waals surface area contributed by atoms with Gasteiger partial charge in [0.25, 0.3) is 10.2 Å². The van der Waals surface area contributed by atoms with Crippen LogP contribution in [0.5, 0.6) is 0 Å². The topological polar surface area (TPSA) is 87.9 Å². The summed E-state index contributed by atoms with van der Waals surface area (Å²) < 4.78 is 55.8. The summed E-state index contributed by atoms with van der Waals surface area (Å²) in [7, 11) is -4.11. The van der Waals surface area contributed by atoms with Crippen LogP contribution < -0.4 is 0 Å². The van der Waals surface area contributed by atoms with Gasteiger partial charge in [-0.2, -0.15) is 17.0 Å². The molecule has 0 aromatic carbocycles. The molecule has 1 aliphatic rings. The molecule has 114 valence electrons. The third-order valence-corrected chi connectivity index (χ3v) is 7.32. The molecule has 1 atom stereocenters. The molecule has 0 saturated carbocycles. The second kappa shape index (κ2) is 5.47. The van der Waals surface area contributed by atoms with E-state index in [-0.39, 0.29) is 18.8 Å². The third-order valence-electron chi connectivity index (χ3n) is 3.33. The molecule has 0 spiro atoms. The summed E-state index contributed by atoms with van der Waals surface area (Å²) in [4.78, 5) is 0. The number of nitrogens with zero attached hydrogens (tertiary/aromatic N) is 2. The maximum atomic E-state index is 12.2. The summed E-state index contributed by atoms with van der Waals surface area (Å²) in [6.07, 6.45) is 1.73. The number of furan rings is 1. The van der Waals surface area contributed by atoms with Crippen molar-refractivity contribution < 1.29 is 21.3 Å². The Bertz CT molecular complexity index is 649. The van der Waals surface area contributed by atoms with E-state index in [2.05, 4.69) is 0 Å². The maximum Gasteiger partial charge on any atom is 0.281 e. The summed E-state index contributed by atoms with van der Waals surface area (Å²) in [6, 6.07) is 3.23. The van der Waals surface area contributed by atoms with Crippen molar-refractivity contribution in [3.63, 3.8) is 0 Å². The molecule has 1 aromatic rings. The first kappa shape index (κ1) is 15.5. The molecule has 0 bridgehead atoms. The number of hydrogen-bond acceptors (Lipinski definition) is 5. The van der Waals surface area contributed by atoms with Gasteiger partial charge in [0.15, 0.2) is 9.84 Å². The second-order valence-corrected chi connectivity index (χ2v) is 9.37. The fourth-order valence-electron chi connectivity index (χ4n) is 2.14. The van der Waals surface area contributed by atoms with Crippen LogP contribution in [0.25, 0.3) is 0 Å². The molecular formula is C11H18N2O5S2. The van der Waals surface area contributed by atoms with Gasteiger partial charge in [0.2, 0.25) is 0 Å². The fourth-order valence-corrected chi connectivity index (χ4v) is 5.07. The van der Waals surface area contributed by atoms with Crippen LogP contribution in [0, 0.1) is 0 Å². The minimum atomic E-state index is -3.55. The quantitative estimate of drug-likeness (QED) is 0.766. The summed E-state index contributed by atoms with van der Waals surface area (Å²) in [5, 5.41) is -0.678. The first-order valence-electron chi connectivity index (χ1n) is 6.15. The lowest BCUT2D eigenvalue weighted by atomic mass is 10.4. The summed E-state index contributed by atoms with van der Waals surface area (Å²) in [6.45, 7) is 0.228. The number of hydrogen-bond donors (Lipinski definition) is 0. The lowest BCUT2D eigenvalue weighted by molar-refractivity contribution is 0.421. The Hall–Kier alpha value is -0.900. The third kappa shape index (κ3) is 3.05. The summed E-state index contributed by atoms with van der Waals surface area (Å²) >= 11 is 0. The summed E-state index contributed by atoms with van der Waals surface area (Å²) in [5.74, 6) is 0.180. The minimum absolute atomic E-state index is 0.00353. The molecule has 0 radical (unpaired) electrons. The van der Waals surface area contributed by atoms with Gasteiger partial charge in [0, 0.05) is 27.2 Å². The van der Waals surface area contributed by atoms with Crippen molar-refractivity contribution >= 4 is 20.0 Å².